The van der Waals surface area contributed by atoms with Crippen molar-refractivity contribution in [2.75, 3.05) is 20.1 Å². The van der Waals surface area contributed by atoms with Gasteiger partial charge in [-0.3, -0.25) is 4.79 Å². The van der Waals surface area contributed by atoms with Crippen molar-refractivity contribution in [2.45, 2.75) is 38.1 Å². The van der Waals surface area contributed by atoms with E-state index in [1.54, 1.807) is 12.1 Å². The van der Waals surface area contributed by atoms with E-state index in [2.05, 4.69) is 15.5 Å². The van der Waals surface area contributed by atoms with Crippen molar-refractivity contribution >= 4 is 29.9 Å². The van der Waals surface area contributed by atoms with Crippen LogP contribution in [-0.2, 0) is 11.2 Å². The van der Waals surface area contributed by atoms with E-state index in [0.29, 0.717) is 42.0 Å². The number of carbonyl (C=O) groups is 1. The molecule has 142 valence electrons. The molecule has 0 aliphatic carbocycles. The van der Waals surface area contributed by atoms with E-state index in [4.69, 9.17) is 16.1 Å². The number of rotatable bonds is 6. The molecule has 0 atom stereocenters. The van der Waals surface area contributed by atoms with Gasteiger partial charge in [-0.15, -0.1) is 12.4 Å². The summed E-state index contributed by atoms with van der Waals surface area (Å²) in [6.07, 6.45) is 3.89. The molecule has 0 radical (unpaired) electrons. The van der Waals surface area contributed by atoms with Crippen molar-refractivity contribution in [3.05, 3.63) is 35.2 Å². The summed E-state index contributed by atoms with van der Waals surface area (Å²) in [4.78, 5) is 18.6. The number of aromatic nitrogens is 2. The van der Waals surface area contributed by atoms with Gasteiger partial charge in [0.15, 0.2) is 0 Å². The summed E-state index contributed by atoms with van der Waals surface area (Å²) in [7, 11) is 1.98. The van der Waals surface area contributed by atoms with Crippen LogP contribution in [0, 0.1) is 0 Å². The first-order valence-corrected chi connectivity index (χ1v) is 9.07. The van der Waals surface area contributed by atoms with Crippen molar-refractivity contribution in [2.24, 2.45) is 0 Å². The highest BCUT2D eigenvalue weighted by Gasteiger charge is 2.21. The molecule has 6 nitrogen and oxygen atoms in total. The van der Waals surface area contributed by atoms with Crippen LogP contribution in [0.25, 0.3) is 11.4 Å². The Morgan fingerprint density at radius 3 is 2.65 bits per heavy atom. The molecule has 1 amide bonds. The van der Waals surface area contributed by atoms with Crippen LogP contribution in [-0.4, -0.2) is 47.1 Å². The number of hydrogen-bond acceptors (Lipinski definition) is 5. The number of hydrogen-bond donors (Lipinski definition) is 1. The average molecular weight is 399 g/mol. The number of carbonyl (C=O) groups excluding carboxylic acids is 1. The van der Waals surface area contributed by atoms with Crippen molar-refractivity contribution in [1.82, 2.24) is 20.4 Å². The van der Waals surface area contributed by atoms with Gasteiger partial charge in [0.05, 0.1) is 0 Å². The summed E-state index contributed by atoms with van der Waals surface area (Å²) >= 11 is 5.88. The summed E-state index contributed by atoms with van der Waals surface area (Å²) in [5, 5.41) is 7.93. The zero-order chi connectivity index (χ0) is 17.6. The van der Waals surface area contributed by atoms with E-state index in [0.717, 1.165) is 31.5 Å². The van der Waals surface area contributed by atoms with Crippen LogP contribution >= 0.6 is 24.0 Å². The summed E-state index contributed by atoms with van der Waals surface area (Å²) in [5.74, 6) is 1.32. The van der Waals surface area contributed by atoms with Crippen LogP contribution in [0.5, 0.6) is 0 Å². The second kappa shape index (κ2) is 9.90. The Labute approximate surface area is 164 Å². The molecule has 1 aliphatic rings. The highest BCUT2D eigenvalue weighted by atomic mass is 35.5. The molecular formula is C18H24Cl2N4O2. The molecule has 1 N–H and O–H groups in total. The molecule has 0 unspecified atom stereocenters. The number of amides is 1. The quantitative estimate of drug-likeness (QED) is 0.807. The third-order valence-electron chi connectivity index (χ3n) is 4.61. The SMILES string of the molecule is CNC1CCN(C(=O)CCCc2nc(-c3ccc(Cl)cc3)no2)CC1.Cl. The predicted octanol–water partition coefficient (Wildman–Crippen LogP) is 3.34. The molecule has 3 rings (SSSR count). The van der Waals surface area contributed by atoms with Gasteiger partial charge in [0.1, 0.15) is 0 Å². The summed E-state index contributed by atoms with van der Waals surface area (Å²) in [5.41, 5.74) is 0.864. The van der Waals surface area contributed by atoms with E-state index in [1.807, 2.05) is 24.1 Å². The Balaban J connectivity index is 0.00000243. The van der Waals surface area contributed by atoms with E-state index in [9.17, 15) is 4.79 Å². The Morgan fingerprint density at radius 2 is 2.00 bits per heavy atom. The molecule has 0 spiro atoms. The standard InChI is InChI=1S/C18H23ClN4O2.ClH/c1-20-15-9-11-23(12-10-15)17(24)4-2-3-16-21-18(22-25-16)13-5-7-14(19)8-6-13;/h5-8,15,20H,2-4,9-12H2,1H3;1H. The zero-order valence-corrected chi connectivity index (χ0v) is 16.4. The van der Waals surface area contributed by atoms with Crippen LogP contribution < -0.4 is 5.32 Å². The first-order chi connectivity index (χ1) is 12.2. The normalized spacial score (nSPS) is 14.9. The van der Waals surface area contributed by atoms with Crippen molar-refractivity contribution in [3.8, 4) is 11.4 Å². The fourth-order valence-corrected chi connectivity index (χ4v) is 3.17. The van der Waals surface area contributed by atoms with Crippen LogP contribution in [0.4, 0.5) is 0 Å². The Morgan fingerprint density at radius 1 is 1.31 bits per heavy atom. The third kappa shape index (κ3) is 5.43. The lowest BCUT2D eigenvalue weighted by Gasteiger charge is -2.31. The predicted molar refractivity (Wildman–Crippen MR) is 104 cm³/mol. The zero-order valence-electron chi connectivity index (χ0n) is 14.8. The van der Waals surface area contributed by atoms with Gasteiger partial charge < -0.3 is 14.7 Å². The maximum atomic E-state index is 12.3. The van der Waals surface area contributed by atoms with Crippen LogP contribution in [0.1, 0.15) is 31.6 Å². The lowest BCUT2D eigenvalue weighted by molar-refractivity contribution is -0.132. The van der Waals surface area contributed by atoms with Crippen molar-refractivity contribution in [3.63, 3.8) is 0 Å². The Kier molecular flexibility index (Phi) is 7.87. The number of nitrogens with zero attached hydrogens (tertiary/aromatic N) is 3. The minimum atomic E-state index is 0. The summed E-state index contributed by atoms with van der Waals surface area (Å²) in [6, 6.07) is 7.84. The second-order valence-electron chi connectivity index (χ2n) is 6.32. The lowest BCUT2D eigenvalue weighted by Crippen LogP contribution is -2.43. The molecule has 1 fully saturated rings. The molecule has 0 saturated carbocycles. The van der Waals surface area contributed by atoms with E-state index >= 15 is 0 Å². The molecule has 1 aliphatic heterocycles. The van der Waals surface area contributed by atoms with Crippen LogP contribution in [0.15, 0.2) is 28.8 Å². The third-order valence-corrected chi connectivity index (χ3v) is 4.86. The van der Waals surface area contributed by atoms with Crippen LogP contribution in [0.2, 0.25) is 5.02 Å². The smallest absolute Gasteiger partial charge is 0.226 e. The minimum absolute atomic E-state index is 0. The van der Waals surface area contributed by atoms with Crippen molar-refractivity contribution < 1.29 is 9.32 Å². The van der Waals surface area contributed by atoms with Gasteiger partial charge in [-0.25, -0.2) is 0 Å². The maximum absolute atomic E-state index is 12.3. The van der Waals surface area contributed by atoms with Crippen LogP contribution in [0.3, 0.4) is 0 Å². The number of benzene rings is 1. The first kappa shape index (κ1) is 20.7. The van der Waals surface area contributed by atoms with Gasteiger partial charge in [-0.1, -0.05) is 16.8 Å². The van der Waals surface area contributed by atoms with E-state index in [-0.39, 0.29) is 18.3 Å². The summed E-state index contributed by atoms with van der Waals surface area (Å²) in [6.45, 7) is 1.68. The molecular weight excluding hydrogens is 375 g/mol. The molecule has 26 heavy (non-hydrogen) atoms. The summed E-state index contributed by atoms with van der Waals surface area (Å²) < 4.78 is 5.28. The van der Waals surface area contributed by atoms with E-state index < -0.39 is 0 Å². The first-order valence-electron chi connectivity index (χ1n) is 8.69. The second-order valence-corrected chi connectivity index (χ2v) is 6.75. The lowest BCUT2D eigenvalue weighted by atomic mass is 10.0. The van der Waals surface area contributed by atoms with Crippen molar-refractivity contribution in [1.29, 1.82) is 0 Å². The van der Waals surface area contributed by atoms with E-state index in [1.165, 1.54) is 0 Å². The topological polar surface area (TPSA) is 71.3 Å². The molecule has 0 bridgehead atoms. The maximum Gasteiger partial charge on any atom is 0.226 e. The fourth-order valence-electron chi connectivity index (χ4n) is 3.04. The fraction of sp³-hybridized carbons (Fsp3) is 0.500. The van der Waals surface area contributed by atoms with Gasteiger partial charge in [0.2, 0.25) is 17.6 Å². The minimum Gasteiger partial charge on any atom is -0.343 e. The van der Waals surface area contributed by atoms with Gasteiger partial charge in [-0.05, 0) is 50.6 Å². The number of nitrogens with one attached hydrogen (secondary N) is 1. The Hall–Kier alpha value is -1.63. The van der Waals surface area contributed by atoms with Gasteiger partial charge in [0, 0.05) is 42.6 Å². The molecule has 1 aromatic heterocycles. The van der Waals surface area contributed by atoms with Gasteiger partial charge in [0.25, 0.3) is 0 Å². The number of piperidine rings is 1. The average Bonchev–Trinajstić information content (AvgIpc) is 3.11. The molecule has 8 heteroatoms. The highest BCUT2D eigenvalue weighted by Crippen LogP contribution is 2.19. The number of likely N-dealkylation sites (tertiary alicyclic amines) is 1. The van der Waals surface area contributed by atoms with Gasteiger partial charge >= 0.3 is 0 Å². The molecule has 1 aromatic carbocycles. The molecule has 2 heterocycles. The van der Waals surface area contributed by atoms with Gasteiger partial charge in [-0.2, -0.15) is 4.98 Å². The molecule has 1 saturated heterocycles. The molecule has 2 aromatic rings. The Bertz CT molecular complexity index is 697. The monoisotopic (exact) mass is 398 g/mol. The highest BCUT2D eigenvalue weighted by molar-refractivity contribution is 6.30. The number of aryl methyl sites for hydroxylation is 1. The largest absolute Gasteiger partial charge is 0.343 e. The number of halogens is 2.